The van der Waals surface area contributed by atoms with E-state index in [-0.39, 0.29) is 18.2 Å². The van der Waals surface area contributed by atoms with Gasteiger partial charge in [0.05, 0.1) is 13.2 Å². The molecule has 1 saturated heterocycles. The monoisotopic (exact) mass is 373 g/mol. The van der Waals surface area contributed by atoms with E-state index in [1.54, 1.807) is 41.3 Å². The molecule has 2 rings (SSSR count). The van der Waals surface area contributed by atoms with Crippen LogP contribution in [-0.2, 0) is 9.59 Å². The maximum atomic E-state index is 12.5. The Balaban J connectivity index is 1.98. The van der Waals surface area contributed by atoms with Crippen LogP contribution in [0.1, 0.15) is 13.3 Å². The summed E-state index contributed by atoms with van der Waals surface area (Å²) in [7, 11) is 0. The lowest BCUT2D eigenvalue weighted by molar-refractivity contribution is -0.127. The third kappa shape index (κ3) is 5.23. The summed E-state index contributed by atoms with van der Waals surface area (Å²) in [6, 6.07) is 7.13. The van der Waals surface area contributed by atoms with Crippen LogP contribution in [0.25, 0.3) is 0 Å². The van der Waals surface area contributed by atoms with Crippen molar-refractivity contribution in [3.05, 3.63) is 49.6 Å². The molecule has 1 N–H and O–H groups in total. The van der Waals surface area contributed by atoms with Crippen molar-refractivity contribution in [2.24, 2.45) is 4.99 Å². The smallest absolute Gasteiger partial charge is 0.242 e. The Labute approximate surface area is 158 Å². The molecule has 1 aromatic rings. The highest BCUT2D eigenvalue weighted by Crippen LogP contribution is 2.30. The Bertz CT molecular complexity index is 700. The average molecular weight is 373 g/mol. The number of carbonyl (C=O) groups is 2. The Hall–Kier alpha value is -2.54. The van der Waals surface area contributed by atoms with Crippen LogP contribution in [0.3, 0.4) is 0 Å². The first-order valence-corrected chi connectivity index (χ1v) is 9.24. The molecule has 6 nitrogen and oxygen atoms in total. The third-order valence-electron chi connectivity index (χ3n) is 3.51. The van der Waals surface area contributed by atoms with Crippen LogP contribution in [0.4, 0.5) is 5.69 Å². The lowest BCUT2D eigenvalue weighted by Crippen LogP contribution is -2.33. The molecule has 138 valence electrons. The molecule has 0 spiro atoms. The van der Waals surface area contributed by atoms with E-state index >= 15 is 0 Å². The number of aliphatic imine (C=N–C) groups is 1. The van der Waals surface area contributed by atoms with Crippen LogP contribution in [0.15, 0.2) is 54.6 Å². The van der Waals surface area contributed by atoms with Gasteiger partial charge in [-0.15, -0.1) is 13.2 Å². The summed E-state index contributed by atoms with van der Waals surface area (Å²) in [5, 5.41) is 2.93. The van der Waals surface area contributed by atoms with E-state index in [2.05, 4.69) is 23.5 Å². The minimum atomic E-state index is -0.485. The van der Waals surface area contributed by atoms with Gasteiger partial charge in [0.25, 0.3) is 0 Å². The van der Waals surface area contributed by atoms with Gasteiger partial charge in [-0.05, 0) is 31.2 Å². The van der Waals surface area contributed by atoms with Gasteiger partial charge in [0.1, 0.15) is 11.0 Å². The second-order valence-electron chi connectivity index (χ2n) is 5.47. The van der Waals surface area contributed by atoms with Gasteiger partial charge in [-0.1, -0.05) is 23.9 Å². The quantitative estimate of drug-likeness (QED) is 0.675. The summed E-state index contributed by atoms with van der Waals surface area (Å²) in [6.45, 7) is 10.6. The van der Waals surface area contributed by atoms with Gasteiger partial charge in [-0.2, -0.15) is 0 Å². The van der Waals surface area contributed by atoms with E-state index in [1.165, 1.54) is 11.8 Å². The van der Waals surface area contributed by atoms with E-state index in [1.807, 2.05) is 6.92 Å². The van der Waals surface area contributed by atoms with Crippen molar-refractivity contribution in [1.29, 1.82) is 0 Å². The van der Waals surface area contributed by atoms with Crippen LogP contribution in [0.5, 0.6) is 5.75 Å². The number of nitrogens with zero attached hydrogens (tertiary/aromatic N) is 2. The van der Waals surface area contributed by atoms with Crippen molar-refractivity contribution in [2.45, 2.75) is 18.6 Å². The SMILES string of the molecule is C=CCN=C1S[C@@H](CC(=O)Nc2ccc(OCC)cc2)C(=O)N1CC=C. The van der Waals surface area contributed by atoms with Crippen LogP contribution < -0.4 is 10.1 Å². The molecule has 0 saturated carbocycles. The highest BCUT2D eigenvalue weighted by molar-refractivity contribution is 8.15. The second-order valence-corrected chi connectivity index (χ2v) is 6.64. The molecule has 2 amide bonds. The lowest BCUT2D eigenvalue weighted by Gasteiger charge is -2.13. The molecule has 1 heterocycles. The largest absolute Gasteiger partial charge is 0.494 e. The number of benzene rings is 1. The average Bonchev–Trinajstić information content (AvgIpc) is 2.91. The number of ether oxygens (including phenoxy) is 1. The van der Waals surface area contributed by atoms with E-state index in [0.29, 0.717) is 30.6 Å². The number of thioether (sulfide) groups is 1. The molecular formula is C19H23N3O3S. The fourth-order valence-electron chi connectivity index (χ4n) is 2.38. The predicted octanol–water partition coefficient (Wildman–Crippen LogP) is 3.09. The normalized spacial score (nSPS) is 18.0. The predicted molar refractivity (Wildman–Crippen MR) is 107 cm³/mol. The Morgan fingerprint density at radius 3 is 2.69 bits per heavy atom. The molecule has 26 heavy (non-hydrogen) atoms. The van der Waals surface area contributed by atoms with Crippen molar-refractivity contribution in [2.75, 3.05) is 25.0 Å². The molecule has 1 aromatic carbocycles. The first kappa shape index (κ1) is 19.8. The molecule has 7 heteroatoms. The number of nitrogens with one attached hydrogen (secondary N) is 1. The Morgan fingerprint density at radius 2 is 2.08 bits per heavy atom. The molecule has 1 aliphatic heterocycles. The summed E-state index contributed by atoms with van der Waals surface area (Å²) < 4.78 is 5.37. The van der Waals surface area contributed by atoms with Gasteiger partial charge in [0.15, 0.2) is 5.17 Å². The zero-order chi connectivity index (χ0) is 18.9. The molecule has 1 atom stereocenters. The Morgan fingerprint density at radius 1 is 1.35 bits per heavy atom. The molecule has 0 aliphatic carbocycles. The van der Waals surface area contributed by atoms with Gasteiger partial charge in [0, 0.05) is 18.7 Å². The molecule has 1 fully saturated rings. The van der Waals surface area contributed by atoms with E-state index in [9.17, 15) is 9.59 Å². The highest BCUT2D eigenvalue weighted by Gasteiger charge is 2.38. The van der Waals surface area contributed by atoms with Gasteiger partial charge >= 0.3 is 0 Å². The first-order valence-electron chi connectivity index (χ1n) is 8.36. The first-order chi connectivity index (χ1) is 12.6. The summed E-state index contributed by atoms with van der Waals surface area (Å²) in [5.74, 6) is 0.401. The maximum absolute atomic E-state index is 12.5. The summed E-state index contributed by atoms with van der Waals surface area (Å²) in [5.41, 5.74) is 0.664. The molecule has 0 bridgehead atoms. The topological polar surface area (TPSA) is 71.0 Å². The van der Waals surface area contributed by atoms with Crippen LogP contribution in [0.2, 0.25) is 0 Å². The molecule has 1 aliphatic rings. The maximum Gasteiger partial charge on any atom is 0.242 e. The minimum Gasteiger partial charge on any atom is -0.494 e. The van der Waals surface area contributed by atoms with Crippen molar-refractivity contribution in [3.63, 3.8) is 0 Å². The van der Waals surface area contributed by atoms with Crippen molar-refractivity contribution < 1.29 is 14.3 Å². The van der Waals surface area contributed by atoms with Crippen molar-refractivity contribution in [1.82, 2.24) is 4.90 Å². The van der Waals surface area contributed by atoms with Crippen molar-refractivity contribution >= 4 is 34.4 Å². The molecule has 0 aromatic heterocycles. The summed E-state index contributed by atoms with van der Waals surface area (Å²) >= 11 is 1.30. The summed E-state index contributed by atoms with van der Waals surface area (Å²) in [4.78, 5) is 30.7. The second kappa shape index (κ2) is 9.82. The van der Waals surface area contributed by atoms with E-state index in [4.69, 9.17) is 4.74 Å². The van der Waals surface area contributed by atoms with E-state index in [0.717, 1.165) is 5.75 Å². The van der Waals surface area contributed by atoms with E-state index < -0.39 is 5.25 Å². The Kier molecular flexibility index (Phi) is 7.47. The van der Waals surface area contributed by atoms with Gasteiger partial charge < -0.3 is 10.1 Å². The number of amides is 2. The summed E-state index contributed by atoms with van der Waals surface area (Å²) in [6.07, 6.45) is 3.39. The molecule has 0 radical (unpaired) electrons. The van der Waals surface area contributed by atoms with Gasteiger partial charge in [0.2, 0.25) is 11.8 Å². The molecular weight excluding hydrogens is 350 g/mol. The van der Waals surface area contributed by atoms with Crippen LogP contribution in [0, 0.1) is 0 Å². The number of amidine groups is 1. The van der Waals surface area contributed by atoms with Gasteiger partial charge in [-0.25, -0.2) is 0 Å². The standard InChI is InChI=1S/C19H23N3O3S/c1-4-11-20-19-22(12-5-2)18(24)16(26-19)13-17(23)21-14-7-9-15(10-8-14)25-6-3/h4-5,7-10,16H,1-2,6,11-13H2,3H3,(H,21,23)/t16-/m0/s1. The fourth-order valence-corrected chi connectivity index (χ4v) is 3.54. The fraction of sp³-hybridized carbons (Fsp3) is 0.316. The number of hydrogen-bond donors (Lipinski definition) is 1. The lowest BCUT2D eigenvalue weighted by atomic mass is 10.2. The number of hydrogen-bond acceptors (Lipinski definition) is 5. The van der Waals surface area contributed by atoms with Gasteiger partial charge in [-0.3, -0.25) is 19.5 Å². The number of carbonyl (C=O) groups excluding carboxylic acids is 2. The third-order valence-corrected chi connectivity index (χ3v) is 4.72. The van der Waals surface area contributed by atoms with Crippen LogP contribution >= 0.6 is 11.8 Å². The highest BCUT2D eigenvalue weighted by atomic mass is 32.2. The number of rotatable bonds is 9. The van der Waals surface area contributed by atoms with Crippen molar-refractivity contribution in [3.8, 4) is 5.75 Å². The molecule has 0 unspecified atom stereocenters. The number of anilines is 1. The van der Waals surface area contributed by atoms with Crippen LogP contribution in [-0.4, -0.2) is 46.8 Å². The minimum absolute atomic E-state index is 0.0808. The zero-order valence-electron chi connectivity index (χ0n) is 14.8. The zero-order valence-corrected chi connectivity index (χ0v) is 15.6.